The minimum Gasteiger partial charge on any atom is -0.347 e. The number of halogens is 1. The maximum Gasteiger partial charge on any atom is 0.262 e. The first-order chi connectivity index (χ1) is 12.2. The van der Waals surface area contributed by atoms with Crippen molar-refractivity contribution in [2.75, 3.05) is 5.32 Å². The lowest BCUT2D eigenvalue weighted by Crippen LogP contribution is -2.40. The molecule has 1 heterocycles. The molecule has 134 valence electrons. The summed E-state index contributed by atoms with van der Waals surface area (Å²) < 4.78 is 0. The molecule has 0 saturated carbocycles. The third-order valence-corrected chi connectivity index (χ3v) is 5.06. The van der Waals surface area contributed by atoms with Gasteiger partial charge in [-0.3, -0.25) is 9.59 Å². The number of rotatable bonds is 2. The van der Waals surface area contributed by atoms with E-state index in [1.165, 1.54) is 11.8 Å². The number of carbonyl (C=O) groups is 2. The molecule has 0 fully saturated rings. The predicted molar refractivity (Wildman–Crippen MR) is 108 cm³/mol. The molecule has 0 aromatic heterocycles. The minimum absolute atomic E-state index is 0.169. The van der Waals surface area contributed by atoms with Crippen LogP contribution in [0, 0.1) is 0 Å². The molecule has 0 saturated heterocycles. The van der Waals surface area contributed by atoms with E-state index >= 15 is 0 Å². The topological polar surface area (TPSA) is 58.2 Å². The summed E-state index contributed by atoms with van der Waals surface area (Å²) in [6.45, 7) is 5.77. The van der Waals surface area contributed by atoms with Crippen LogP contribution in [0.25, 0.3) is 6.08 Å². The number of hydrogen-bond acceptors (Lipinski definition) is 3. The van der Waals surface area contributed by atoms with Crippen LogP contribution in [0.2, 0.25) is 5.02 Å². The van der Waals surface area contributed by atoms with E-state index in [1.807, 2.05) is 45.0 Å². The fourth-order valence-electron chi connectivity index (χ4n) is 2.45. The van der Waals surface area contributed by atoms with E-state index in [-0.39, 0.29) is 17.4 Å². The van der Waals surface area contributed by atoms with Crippen molar-refractivity contribution in [2.24, 2.45) is 0 Å². The number of amides is 2. The van der Waals surface area contributed by atoms with Gasteiger partial charge in [0.2, 0.25) is 0 Å². The zero-order valence-electron chi connectivity index (χ0n) is 14.7. The van der Waals surface area contributed by atoms with Crippen molar-refractivity contribution in [3.05, 3.63) is 63.5 Å². The third-order valence-electron chi connectivity index (χ3n) is 3.61. The number of nitrogens with one attached hydrogen (secondary N) is 2. The molecule has 0 aliphatic carbocycles. The highest BCUT2D eigenvalue weighted by Gasteiger charge is 2.23. The van der Waals surface area contributed by atoms with E-state index < -0.39 is 0 Å². The van der Waals surface area contributed by atoms with Gasteiger partial charge in [0.05, 0.1) is 10.6 Å². The van der Waals surface area contributed by atoms with Gasteiger partial charge in [-0.25, -0.2) is 0 Å². The number of anilines is 1. The van der Waals surface area contributed by atoms with Gasteiger partial charge >= 0.3 is 0 Å². The lowest BCUT2D eigenvalue weighted by Gasteiger charge is -2.22. The number of carbonyl (C=O) groups excluding carboxylic acids is 2. The van der Waals surface area contributed by atoms with E-state index in [2.05, 4.69) is 10.6 Å². The first-order valence-electron chi connectivity index (χ1n) is 8.15. The number of benzene rings is 2. The molecule has 3 rings (SSSR count). The van der Waals surface area contributed by atoms with Gasteiger partial charge in [-0.15, -0.1) is 0 Å². The molecule has 1 aliphatic rings. The largest absolute Gasteiger partial charge is 0.347 e. The van der Waals surface area contributed by atoms with Crippen molar-refractivity contribution in [2.45, 2.75) is 31.2 Å². The molecule has 2 amide bonds. The maximum absolute atomic E-state index is 12.4. The highest BCUT2D eigenvalue weighted by Crippen LogP contribution is 2.39. The molecule has 0 bridgehead atoms. The lowest BCUT2D eigenvalue weighted by atomic mass is 10.1. The zero-order chi connectivity index (χ0) is 18.9. The van der Waals surface area contributed by atoms with Gasteiger partial charge in [0.1, 0.15) is 0 Å². The molecule has 0 spiro atoms. The maximum atomic E-state index is 12.4. The fraction of sp³-hybridized carbons (Fsp3) is 0.200. The Hall–Kier alpha value is -2.24. The summed E-state index contributed by atoms with van der Waals surface area (Å²) in [6, 6.07) is 12.7. The Morgan fingerprint density at radius 1 is 1.19 bits per heavy atom. The van der Waals surface area contributed by atoms with Crippen LogP contribution in [0.1, 0.15) is 36.7 Å². The number of fused-ring (bicyclic) bond motifs is 1. The molecule has 2 aromatic carbocycles. The second kappa shape index (κ2) is 7.17. The number of thioether (sulfide) groups is 1. The predicted octanol–water partition coefficient (Wildman–Crippen LogP) is 4.95. The minimum atomic E-state index is -0.324. The molecule has 1 aliphatic heterocycles. The monoisotopic (exact) mass is 386 g/mol. The van der Waals surface area contributed by atoms with Crippen molar-refractivity contribution < 1.29 is 9.59 Å². The quantitative estimate of drug-likeness (QED) is 0.717. The van der Waals surface area contributed by atoms with Gasteiger partial charge in [-0.1, -0.05) is 41.6 Å². The van der Waals surface area contributed by atoms with E-state index in [0.717, 1.165) is 10.5 Å². The first-order valence-corrected chi connectivity index (χ1v) is 9.34. The van der Waals surface area contributed by atoms with Crippen molar-refractivity contribution in [3.63, 3.8) is 0 Å². The first kappa shape index (κ1) is 18.5. The molecule has 6 heteroatoms. The summed E-state index contributed by atoms with van der Waals surface area (Å²) >= 11 is 7.53. The van der Waals surface area contributed by atoms with Gasteiger partial charge in [-0.05, 0) is 56.7 Å². The Bertz CT molecular complexity index is 916. The van der Waals surface area contributed by atoms with Crippen LogP contribution in [-0.2, 0) is 4.79 Å². The highest BCUT2D eigenvalue weighted by atomic mass is 35.5. The van der Waals surface area contributed by atoms with Crippen LogP contribution in [0.3, 0.4) is 0 Å². The van der Waals surface area contributed by atoms with Crippen LogP contribution in [0.4, 0.5) is 5.69 Å². The Labute approximate surface area is 162 Å². The Morgan fingerprint density at radius 2 is 1.92 bits per heavy atom. The van der Waals surface area contributed by atoms with Crippen LogP contribution in [0.15, 0.2) is 52.3 Å². The number of hydrogen-bond donors (Lipinski definition) is 2. The smallest absolute Gasteiger partial charge is 0.262 e. The van der Waals surface area contributed by atoms with E-state index in [9.17, 15) is 9.59 Å². The van der Waals surface area contributed by atoms with Gasteiger partial charge < -0.3 is 10.6 Å². The lowest BCUT2D eigenvalue weighted by molar-refractivity contribution is -0.112. The highest BCUT2D eigenvalue weighted by molar-refractivity contribution is 8.04. The fourth-order valence-corrected chi connectivity index (χ4v) is 3.56. The zero-order valence-corrected chi connectivity index (χ0v) is 16.3. The Morgan fingerprint density at radius 3 is 2.62 bits per heavy atom. The molecule has 2 N–H and O–H groups in total. The van der Waals surface area contributed by atoms with Crippen molar-refractivity contribution in [1.29, 1.82) is 0 Å². The molecular weight excluding hydrogens is 368 g/mol. The van der Waals surface area contributed by atoms with Crippen LogP contribution in [0.5, 0.6) is 0 Å². The van der Waals surface area contributed by atoms with Crippen molar-refractivity contribution in [1.82, 2.24) is 5.32 Å². The van der Waals surface area contributed by atoms with Gasteiger partial charge in [0.25, 0.3) is 11.8 Å². The molecule has 0 unspecified atom stereocenters. The summed E-state index contributed by atoms with van der Waals surface area (Å²) in [6.07, 6.45) is 1.77. The Kier molecular flexibility index (Phi) is 5.12. The van der Waals surface area contributed by atoms with Crippen molar-refractivity contribution >= 4 is 46.9 Å². The van der Waals surface area contributed by atoms with Gasteiger partial charge in [0.15, 0.2) is 0 Å². The molecule has 0 atom stereocenters. The molecule has 26 heavy (non-hydrogen) atoms. The Balaban J connectivity index is 1.87. The third kappa shape index (κ3) is 4.29. The van der Waals surface area contributed by atoms with E-state index in [0.29, 0.717) is 21.2 Å². The van der Waals surface area contributed by atoms with Gasteiger partial charge in [-0.2, -0.15) is 0 Å². The molecular formula is C20H19ClN2O2S. The van der Waals surface area contributed by atoms with Crippen molar-refractivity contribution in [3.8, 4) is 0 Å². The van der Waals surface area contributed by atoms with Crippen LogP contribution in [-0.4, -0.2) is 17.4 Å². The van der Waals surface area contributed by atoms with E-state index in [1.54, 1.807) is 24.3 Å². The summed E-state index contributed by atoms with van der Waals surface area (Å²) in [5, 5.41) is 6.36. The summed E-state index contributed by atoms with van der Waals surface area (Å²) in [4.78, 5) is 26.2. The summed E-state index contributed by atoms with van der Waals surface area (Å²) in [5.41, 5.74) is 1.61. The van der Waals surface area contributed by atoms with Crippen LogP contribution < -0.4 is 10.6 Å². The van der Waals surface area contributed by atoms with Gasteiger partial charge in [0, 0.05) is 21.0 Å². The average Bonchev–Trinajstić information content (AvgIpc) is 2.55. The summed E-state index contributed by atoms with van der Waals surface area (Å²) in [5.74, 6) is -0.382. The SMILES string of the molecule is CC(C)(C)NC(=O)c1ccc2c(c1)NC(=O)C(=Cc1ccccc1Cl)S2. The summed E-state index contributed by atoms with van der Waals surface area (Å²) in [7, 11) is 0. The second-order valence-corrected chi connectivity index (χ2v) is 8.49. The van der Waals surface area contributed by atoms with Crippen LogP contribution >= 0.6 is 23.4 Å². The standard InChI is InChI=1S/C20H19ClN2O2S/c1-20(2,3)23-18(24)13-8-9-16-15(10-13)22-19(25)17(26-16)11-12-6-4-5-7-14(12)21/h4-11H,1-3H3,(H,22,25)(H,23,24). The molecule has 2 aromatic rings. The molecule has 4 nitrogen and oxygen atoms in total. The van der Waals surface area contributed by atoms with E-state index in [4.69, 9.17) is 11.6 Å². The normalized spacial score (nSPS) is 15.4. The second-order valence-electron chi connectivity index (χ2n) is 7.00. The average molecular weight is 387 g/mol. The molecule has 0 radical (unpaired) electrons.